The Kier molecular flexibility index (Phi) is 6.47. The first kappa shape index (κ1) is 19.5. The molecule has 138 valence electrons. The molecule has 2 aromatic rings. The van der Waals surface area contributed by atoms with Gasteiger partial charge in [0, 0.05) is 16.6 Å². The first-order valence-corrected chi connectivity index (χ1v) is 11.1. The highest BCUT2D eigenvalue weighted by Gasteiger charge is 2.26. The van der Waals surface area contributed by atoms with E-state index in [0.29, 0.717) is 23.1 Å². The molecule has 0 N–H and O–H groups in total. The highest BCUT2D eigenvalue weighted by Crippen LogP contribution is 2.32. The summed E-state index contributed by atoms with van der Waals surface area (Å²) in [7, 11) is 0. The number of aromatic nitrogens is 2. The van der Waals surface area contributed by atoms with Gasteiger partial charge in [0.05, 0.1) is 22.9 Å². The second-order valence-electron chi connectivity index (χ2n) is 5.65. The smallest absolute Gasteiger partial charge is 0.319 e. The van der Waals surface area contributed by atoms with Crippen LogP contribution >= 0.6 is 39.5 Å². The summed E-state index contributed by atoms with van der Waals surface area (Å²) < 4.78 is 7.71. The van der Waals surface area contributed by atoms with E-state index < -0.39 is 5.25 Å². The monoisotopic (exact) mass is 454 g/mol. The van der Waals surface area contributed by atoms with E-state index in [1.165, 1.54) is 11.8 Å². The maximum atomic E-state index is 13.1. The zero-order valence-corrected chi connectivity index (χ0v) is 17.7. The number of nitrogens with zero attached hydrogens (tertiary/aromatic N) is 2. The number of halogens is 1. The van der Waals surface area contributed by atoms with Gasteiger partial charge in [-0.1, -0.05) is 34.6 Å². The number of ether oxygens (including phenoxy) is 1. The maximum absolute atomic E-state index is 13.1. The Morgan fingerprint density at radius 3 is 2.77 bits per heavy atom. The van der Waals surface area contributed by atoms with Gasteiger partial charge >= 0.3 is 5.97 Å². The molecule has 0 bridgehead atoms. The van der Waals surface area contributed by atoms with Crippen molar-refractivity contribution in [2.75, 3.05) is 12.4 Å². The summed E-state index contributed by atoms with van der Waals surface area (Å²) in [4.78, 5) is 30.8. The van der Waals surface area contributed by atoms with Crippen molar-refractivity contribution in [3.63, 3.8) is 0 Å². The third kappa shape index (κ3) is 4.02. The molecule has 0 saturated heterocycles. The summed E-state index contributed by atoms with van der Waals surface area (Å²) in [5.74, 6) is 0.590. The van der Waals surface area contributed by atoms with E-state index in [0.717, 1.165) is 28.0 Å². The van der Waals surface area contributed by atoms with Crippen molar-refractivity contribution in [2.24, 2.45) is 0 Å². The molecular formula is C18H19BrN2O3S2. The number of aryl methyl sites for hydroxylation is 1. The highest BCUT2D eigenvalue weighted by molar-refractivity contribution is 9.10. The molecule has 0 amide bonds. The van der Waals surface area contributed by atoms with Gasteiger partial charge in [0.15, 0.2) is 5.16 Å². The SMILES string of the molecule is CCOC(=O)[C@@H](CC)Sc1nc2c(c(=O)n1-c1ccc(Br)cc1)SCC2. The molecule has 0 fully saturated rings. The summed E-state index contributed by atoms with van der Waals surface area (Å²) in [5.41, 5.74) is 1.50. The first-order chi connectivity index (χ1) is 12.5. The molecule has 0 saturated carbocycles. The van der Waals surface area contributed by atoms with Crippen LogP contribution in [0.4, 0.5) is 0 Å². The molecule has 3 rings (SSSR count). The zero-order chi connectivity index (χ0) is 18.7. The minimum absolute atomic E-state index is 0.0685. The predicted octanol–water partition coefficient (Wildman–Crippen LogP) is 4.08. The second kappa shape index (κ2) is 8.63. The Hall–Kier alpha value is -1.25. The van der Waals surface area contributed by atoms with E-state index in [4.69, 9.17) is 9.72 Å². The Morgan fingerprint density at radius 1 is 1.38 bits per heavy atom. The normalized spacial score (nSPS) is 14.1. The third-order valence-corrected chi connectivity index (χ3v) is 6.85. The van der Waals surface area contributed by atoms with Crippen LogP contribution in [0.5, 0.6) is 0 Å². The van der Waals surface area contributed by atoms with Crippen LogP contribution in [-0.2, 0) is 16.0 Å². The number of rotatable bonds is 6. The molecule has 1 aliphatic rings. The number of fused-ring (bicyclic) bond motifs is 1. The van der Waals surface area contributed by atoms with E-state index in [1.807, 2.05) is 31.2 Å². The number of hydrogen-bond acceptors (Lipinski definition) is 6. The molecule has 1 aliphatic heterocycles. The van der Waals surface area contributed by atoms with Crippen molar-refractivity contribution < 1.29 is 9.53 Å². The fourth-order valence-electron chi connectivity index (χ4n) is 2.65. The van der Waals surface area contributed by atoms with Crippen LogP contribution < -0.4 is 5.56 Å². The van der Waals surface area contributed by atoms with Gasteiger partial charge in [0.25, 0.3) is 5.56 Å². The molecule has 1 aromatic carbocycles. The van der Waals surface area contributed by atoms with E-state index in [1.54, 1.807) is 23.3 Å². The van der Waals surface area contributed by atoms with Crippen molar-refractivity contribution in [1.29, 1.82) is 0 Å². The standard InChI is InChI=1S/C18H19BrN2O3S2/c1-3-14(17(23)24-4-2)26-18-20-13-9-10-25-15(13)16(22)21(18)12-7-5-11(19)6-8-12/h5-8,14H,3-4,9-10H2,1-2H3/t14-/m1/s1. The lowest BCUT2D eigenvalue weighted by atomic mass is 10.3. The van der Waals surface area contributed by atoms with E-state index in [2.05, 4.69) is 15.9 Å². The summed E-state index contributed by atoms with van der Waals surface area (Å²) in [6, 6.07) is 7.52. The summed E-state index contributed by atoms with van der Waals surface area (Å²) in [5, 5.41) is 0.147. The highest BCUT2D eigenvalue weighted by atomic mass is 79.9. The van der Waals surface area contributed by atoms with Gasteiger partial charge in [-0.05, 0) is 37.6 Å². The van der Waals surface area contributed by atoms with Gasteiger partial charge < -0.3 is 4.74 Å². The summed E-state index contributed by atoms with van der Waals surface area (Å²) in [6.07, 6.45) is 1.38. The van der Waals surface area contributed by atoms with Gasteiger partial charge in [-0.25, -0.2) is 4.98 Å². The molecule has 0 radical (unpaired) electrons. The van der Waals surface area contributed by atoms with Crippen molar-refractivity contribution in [1.82, 2.24) is 9.55 Å². The number of esters is 1. The van der Waals surface area contributed by atoms with Gasteiger partial charge in [0.2, 0.25) is 0 Å². The number of benzene rings is 1. The van der Waals surface area contributed by atoms with Crippen molar-refractivity contribution in [3.05, 3.63) is 44.8 Å². The second-order valence-corrected chi connectivity index (χ2v) is 8.84. The van der Waals surface area contributed by atoms with E-state index in [-0.39, 0.29) is 11.5 Å². The van der Waals surface area contributed by atoms with Crippen molar-refractivity contribution in [3.8, 4) is 5.69 Å². The molecule has 1 atom stereocenters. The number of thioether (sulfide) groups is 2. The largest absolute Gasteiger partial charge is 0.465 e. The molecule has 2 heterocycles. The maximum Gasteiger partial charge on any atom is 0.319 e. The molecule has 5 nitrogen and oxygen atoms in total. The van der Waals surface area contributed by atoms with Crippen LogP contribution in [0.2, 0.25) is 0 Å². The lowest BCUT2D eigenvalue weighted by molar-refractivity contribution is -0.142. The first-order valence-electron chi connectivity index (χ1n) is 8.43. The van der Waals surface area contributed by atoms with Crippen LogP contribution in [-0.4, -0.2) is 33.1 Å². The molecule has 0 aliphatic carbocycles. The quantitative estimate of drug-likeness (QED) is 0.372. The van der Waals surface area contributed by atoms with E-state index in [9.17, 15) is 9.59 Å². The van der Waals surface area contributed by atoms with Crippen LogP contribution in [0.3, 0.4) is 0 Å². The lowest BCUT2D eigenvalue weighted by Gasteiger charge is -2.17. The Bertz CT molecular complexity index is 868. The molecular weight excluding hydrogens is 436 g/mol. The number of carbonyl (C=O) groups is 1. The lowest BCUT2D eigenvalue weighted by Crippen LogP contribution is -2.26. The topological polar surface area (TPSA) is 61.2 Å². The molecule has 0 unspecified atom stereocenters. The van der Waals surface area contributed by atoms with Gasteiger partial charge in [0.1, 0.15) is 5.25 Å². The summed E-state index contributed by atoms with van der Waals surface area (Å²) >= 11 is 6.27. The molecule has 1 aromatic heterocycles. The Labute approximate surface area is 169 Å². The Morgan fingerprint density at radius 2 is 2.12 bits per heavy atom. The van der Waals surface area contributed by atoms with Crippen LogP contribution in [0.15, 0.2) is 43.6 Å². The summed E-state index contributed by atoms with van der Waals surface area (Å²) in [6.45, 7) is 4.06. The minimum atomic E-state index is -0.393. The van der Waals surface area contributed by atoms with Crippen LogP contribution in [0, 0.1) is 0 Å². The molecule has 0 spiro atoms. The van der Waals surface area contributed by atoms with Gasteiger partial charge in [-0.2, -0.15) is 0 Å². The Balaban J connectivity index is 2.08. The fraction of sp³-hybridized carbons (Fsp3) is 0.389. The molecule has 8 heteroatoms. The minimum Gasteiger partial charge on any atom is -0.465 e. The zero-order valence-electron chi connectivity index (χ0n) is 14.5. The van der Waals surface area contributed by atoms with Crippen molar-refractivity contribution >= 4 is 45.4 Å². The van der Waals surface area contributed by atoms with Gasteiger partial charge in [-0.3, -0.25) is 14.2 Å². The van der Waals surface area contributed by atoms with E-state index >= 15 is 0 Å². The fourth-order valence-corrected chi connectivity index (χ4v) is 4.98. The van der Waals surface area contributed by atoms with Crippen LogP contribution in [0.1, 0.15) is 26.0 Å². The van der Waals surface area contributed by atoms with Gasteiger partial charge in [-0.15, -0.1) is 11.8 Å². The third-order valence-electron chi connectivity index (χ3n) is 3.92. The average Bonchev–Trinajstić information content (AvgIpc) is 3.10. The number of hydrogen-bond donors (Lipinski definition) is 0. The van der Waals surface area contributed by atoms with Crippen molar-refractivity contribution in [2.45, 2.75) is 42.0 Å². The molecule has 26 heavy (non-hydrogen) atoms. The average molecular weight is 455 g/mol. The predicted molar refractivity (Wildman–Crippen MR) is 109 cm³/mol. The number of carbonyl (C=O) groups excluding carboxylic acids is 1. The van der Waals surface area contributed by atoms with Crippen LogP contribution in [0.25, 0.3) is 5.69 Å².